The highest BCUT2D eigenvalue weighted by Gasteiger charge is 2.18. The second-order valence-corrected chi connectivity index (χ2v) is 7.39. The molecule has 0 saturated carbocycles. The maximum Gasteiger partial charge on any atom is 0.334 e. The maximum atomic E-state index is 12.2. The van der Waals surface area contributed by atoms with Crippen molar-refractivity contribution in [1.29, 1.82) is 0 Å². The molecular formula is C15H13N3O3S2. The monoisotopic (exact) mass is 347 g/mol. The zero-order valence-corrected chi connectivity index (χ0v) is 13.7. The van der Waals surface area contributed by atoms with Crippen LogP contribution in [0, 0.1) is 6.92 Å². The van der Waals surface area contributed by atoms with E-state index in [1.807, 2.05) is 35.9 Å². The maximum absolute atomic E-state index is 12.2. The summed E-state index contributed by atoms with van der Waals surface area (Å²) in [5, 5.41) is 3.24. The summed E-state index contributed by atoms with van der Waals surface area (Å²) in [6, 6.07) is 12.8. The summed E-state index contributed by atoms with van der Waals surface area (Å²) < 4.78 is 31.3. The van der Waals surface area contributed by atoms with Gasteiger partial charge in [-0.25, -0.2) is 17.9 Å². The van der Waals surface area contributed by atoms with Gasteiger partial charge in [-0.3, -0.25) is 5.32 Å². The Balaban J connectivity index is 1.77. The minimum Gasteiger partial charge on any atom is -0.290 e. The zero-order valence-electron chi connectivity index (χ0n) is 12.1. The Labute approximate surface area is 137 Å². The van der Waals surface area contributed by atoms with E-state index in [1.165, 1.54) is 23.7 Å². The summed E-state index contributed by atoms with van der Waals surface area (Å²) in [7, 11) is -3.92. The first-order chi connectivity index (χ1) is 11.0. The molecule has 2 amide bonds. The summed E-state index contributed by atoms with van der Waals surface area (Å²) in [6.07, 6.45) is 0. The van der Waals surface area contributed by atoms with Crippen molar-refractivity contribution in [2.24, 2.45) is 0 Å². The average molecular weight is 347 g/mol. The Hall–Kier alpha value is -2.45. The first-order valence-electron chi connectivity index (χ1n) is 6.70. The van der Waals surface area contributed by atoms with Crippen molar-refractivity contribution in [1.82, 2.24) is 9.10 Å². The third kappa shape index (κ3) is 3.33. The highest BCUT2D eigenvalue weighted by atomic mass is 32.2. The smallest absolute Gasteiger partial charge is 0.290 e. The molecule has 1 aromatic heterocycles. The number of carbonyl (C=O) groups excluding carboxylic acids is 1. The van der Waals surface area contributed by atoms with E-state index in [-0.39, 0.29) is 4.90 Å². The molecule has 0 aliphatic rings. The fourth-order valence-corrected chi connectivity index (χ4v) is 3.65. The number of nitrogens with one attached hydrogen (secondary N) is 2. The number of rotatable bonds is 3. The van der Waals surface area contributed by atoms with Gasteiger partial charge in [0.1, 0.15) is 0 Å². The molecule has 0 fully saturated rings. The first kappa shape index (κ1) is 15.4. The van der Waals surface area contributed by atoms with Gasteiger partial charge in [-0.05, 0) is 42.7 Å². The number of carbonyl (C=O) groups is 1. The van der Waals surface area contributed by atoms with Gasteiger partial charge in [-0.2, -0.15) is 4.37 Å². The van der Waals surface area contributed by atoms with Crippen LogP contribution in [0.3, 0.4) is 0 Å². The molecule has 0 unspecified atom stereocenters. The van der Waals surface area contributed by atoms with Crippen LogP contribution in [0.15, 0.2) is 53.4 Å². The predicted molar refractivity (Wildman–Crippen MR) is 90.1 cm³/mol. The summed E-state index contributed by atoms with van der Waals surface area (Å²) in [6.45, 7) is 1.85. The van der Waals surface area contributed by atoms with Gasteiger partial charge in [0.15, 0.2) is 5.82 Å². The molecule has 0 aliphatic heterocycles. The van der Waals surface area contributed by atoms with Gasteiger partial charge in [-0.1, -0.05) is 29.8 Å². The zero-order chi connectivity index (χ0) is 16.4. The van der Waals surface area contributed by atoms with Crippen molar-refractivity contribution >= 4 is 43.5 Å². The van der Waals surface area contributed by atoms with Gasteiger partial charge in [0.05, 0.1) is 9.60 Å². The summed E-state index contributed by atoms with van der Waals surface area (Å²) in [5.41, 5.74) is 0.933. The van der Waals surface area contributed by atoms with Crippen LogP contribution in [0.2, 0.25) is 0 Å². The van der Waals surface area contributed by atoms with E-state index in [1.54, 1.807) is 12.1 Å². The lowest BCUT2D eigenvalue weighted by atomic mass is 10.2. The van der Waals surface area contributed by atoms with Gasteiger partial charge in [0.25, 0.3) is 10.0 Å². The van der Waals surface area contributed by atoms with Crippen molar-refractivity contribution in [2.45, 2.75) is 11.8 Å². The number of hydrogen-bond donors (Lipinski definition) is 2. The number of urea groups is 1. The molecule has 23 heavy (non-hydrogen) atoms. The van der Waals surface area contributed by atoms with Gasteiger partial charge >= 0.3 is 6.03 Å². The fourth-order valence-electron chi connectivity index (χ4n) is 2.01. The van der Waals surface area contributed by atoms with E-state index in [4.69, 9.17) is 0 Å². The highest BCUT2D eigenvalue weighted by molar-refractivity contribution is 7.90. The van der Waals surface area contributed by atoms with E-state index in [9.17, 15) is 13.2 Å². The Morgan fingerprint density at radius 1 is 1.09 bits per heavy atom. The van der Waals surface area contributed by atoms with Gasteiger partial charge in [0, 0.05) is 5.39 Å². The Kier molecular flexibility index (Phi) is 4.01. The molecule has 0 radical (unpaired) electrons. The molecule has 0 saturated heterocycles. The largest absolute Gasteiger partial charge is 0.334 e. The number of benzene rings is 2. The standard InChI is InChI=1S/C15H13N3O3S2/c1-10-6-8-11(9-7-10)23(20,21)18-15(19)16-14-12-4-2-3-5-13(12)22-17-14/h2-9H,1H3,(H2,16,17,18,19). The number of aryl methyl sites for hydroxylation is 1. The number of sulfonamides is 1. The van der Waals surface area contributed by atoms with Crippen molar-refractivity contribution < 1.29 is 13.2 Å². The van der Waals surface area contributed by atoms with Crippen LogP contribution < -0.4 is 10.0 Å². The first-order valence-corrected chi connectivity index (χ1v) is 8.96. The molecule has 118 valence electrons. The lowest BCUT2D eigenvalue weighted by Gasteiger charge is -2.07. The van der Waals surface area contributed by atoms with Crippen molar-refractivity contribution in [3.05, 3.63) is 54.1 Å². The molecule has 3 aromatic rings. The minimum atomic E-state index is -3.92. The summed E-state index contributed by atoms with van der Waals surface area (Å²) >= 11 is 1.23. The van der Waals surface area contributed by atoms with E-state index in [0.29, 0.717) is 5.82 Å². The molecular weight excluding hydrogens is 334 g/mol. The van der Waals surface area contributed by atoms with Crippen LogP contribution in [0.4, 0.5) is 10.6 Å². The highest BCUT2D eigenvalue weighted by Crippen LogP contribution is 2.26. The fraction of sp³-hybridized carbons (Fsp3) is 0.0667. The van der Waals surface area contributed by atoms with Crippen LogP contribution in [0.1, 0.15) is 5.56 Å². The molecule has 0 bridgehead atoms. The van der Waals surface area contributed by atoms with Gasteiger partial charge in [-0.15, -0.1) is 0 Å². The topological polar surface area (TPSA) is 88.2 Å². The van der Waals surface area contributed by atoms with E-state index < -0.39 is 16.1 Å². The Bertz CT molecular complexity index is 963. The van der Waals surface area contributed by atoms with Crippen molar-refractivity contribution in [3.8, 4) is 0 Å². The van der Waals surface area contributed by atoms with Crippen molar-refractivity contribution in [2.75, 3.05) is 5.32 Å². The molecule has 0 spiro atoms. The number of amides is 2. The molecule has 8 heteroatoms. The lowest BCUT2D eigenvalue weighted by Crippen LogP contribution is -2.34. The quantitative estimate of drug-likeness (QED) is 0.762. The number of aromatic nitrogens is 1. The second-order valence-electron chi connectivity index (χ2n) is 4.90. The molecule has 3 rings (SSSR count). The van der Waals surface area contributed by atoms with Crippen molar-refractivity contribution in [3.63, 3.8) is 0 Å². The Morgan fingerprint density at radius 3 is 2.52 bits per heavy atom. The minimum absolute atomic E-state index is 0.0291. The van der Waals surface area contributed by atoms with E-state index >= 15 is 0 Å². The predicted octanol–water partition coefficient (Wildman–Crippen LogP) is 3.12. The molecule has 2 aromatic carbocycles. The number of hydrogen-bond acceptors (Lipinski definition) is 5. The molecule has 2 N–H and O–H groups in total. The number of nitrogens with zero attached hydrogens (tertiary/aromatic N) is 1. The molecule has 0 aliphatic carbocycles. The number of anilines is 1. The van der Waals surface area contributed by atoms with E-state index in [2.05, 4.69) is 9.69 Å². The summed E-state index contributed by atoms with van der Waals surface area (Å²) in [5.74, 6) is 0.335. The lowest BCUT2D eigenvalue weighted by molar-refractivity contribution is 0.256. The SMILES string of the molecule is Cc1ccc(S(=O)(=O)NC(=O)Nc2nsc3ccccc23)cc1. The van der Waals surface area contributed by atoms with Crippen LogP contribution in [-0.2, 0) is 10.0 Å². The van der Waals surface area contributed by atoms with Crippen LogP contribution >= 0.6 is 11.5 Å². The third-order valence-electron chi connectivity index (χ3n) is 3.17. The third-order valence-corrected chi connectivity index (χ3v) is 5.34. The van der Waals surface area contributed by atoms with Crippen LogP contribution in [0.25, 0.3) is 10.1 Å². The number of fused-ring (bicyclic) bond motifs is 1. The average Bonchev–Trinajstić information content (AvgIpc) is 2.90. The van der Waals surface area contributed by atoms with E-state index in [0.717, 1.165) is 15.6 Å². The molecule has 1 heterocycles. The Morgan fingerprint density at radius 2 is 1.78 bits per heavy atom. The second kappa shape index (κ2) is 5.98. The van der Waals surface area contributed by atoms with Gasteiger partial charge in [0.2, 0.25) is 0 Å². The normalized spacial score (nSPS) is 11.3. The molecule has 0 atom stereocenters. The molecule has 6 nitrogen and oxygen atoms in total. The summed E-state index contributed by atoms with van der Waals surface area (Å²) in [4.78, 5) is 12.0. The van der Waals surface area contributed by atoms with Crippen LogP contribution in [0.5, 0.6) is 0 Å². The van der Waals surface area contributed by atoms with Crippen LogP contribution in [-0.4, -0.2) is 18.8 Å². The van der Waals surface area contributed by atoms with Gasteiger partial charge < -0.3 is 0 Å².